The molecule has 1 aliphatic carbocycles. The molecule has 2 aromatic heterocycles. The summed E-state index contributed by atoms with van der Waals surface area (Å²) < 4.78 is 21.6. The number of nitrogens with zero attached hydrogens (tertiary/aromatic N) is 2. The monoisotopic (exact) mass is 456 g/mol. The zero-order valence-corrected chi connectivity index (χ0v) is 19.3. The van der Waals surface area contributed by atoms with E-state index in [9.17, 15) is 4.79 Å². The van der Waals surface area contributed by atoms with E-state index < -0.39 is 5.97 Å². The highest BCUT2D eigenvalue weighted by Crippen LogP contribution is 2.38. The van der Waals surface area contributed by atoms with Crippen LogP contribution in [0.25, 0.3) is 22.6 Å². The van der Waals surface area contributed by atoms with E-state index in [4.69, 9.17) is 23.7 Å². The van der Waals surface area contributed by atoms with Crippen molar-refractivity contribution in [1.82, 2.24) is 10.1 Å². The van der Waals surface area contributed by atoms with Crippen molar-refractivity contribution in [1.29, 1.82) is 0 Å². The fourth-order valence-electron chi connectivity index (χ4n) is 4.35. The molecule has 2 aromatic carbocycles. The standard InChI is InChI=1S/C27H24N2O5/c1-16-12-19(34-29-16)15-33-27(30)25-20-6-4-5-7-22(20)28-26-18(9-10-21(25)26)13-17-8-11-23(31-2)24(14-17)32-3/h4-8,11-14H,9-10,15H2,1-3H3/b18-13+. The molecule has 0 unspecified atom stereocenters. The van der Waals surface area contributed by atoms with Gasteiger partial charge in [-0.2, -0.15) is 0 Å². The summed E-state index contributed by atoms with van der Waals surface area (Å²) in [4.78, 5) is 18.2. The third-order valence-corrected chi connectivity index (χ3v) is 5.92. The predicted octanol–water partition coefficient (Wildman–Crippen LogP) is 5.39. The third kappa shape index (κ3) is 4.01. The molecular formula is C27H24N2O5. The van der Waals surface area contributed by atoms with Crippen molar-refractivity contribution < 1.29 is 23.5 Å². The van der Waals surface area contributed by atoms with Crippen molar-refractivity contribution >= 4 is 28.5 Å². The first-order chi connectivity index (χ1) is 16.6. The molecule has 0 aliphatic heterocycles. The normalized spacial score (nSPS) is 13.8. The molecule has 0 bridgehead atoms. The SMILES string of the molecule is COc1ccc(/C=C2\CCc3c2nc2ccccc2c3C(=O)OCc2cc(C)no2)cc1OC. The molecule has 0 spiro atoms. The number of fused-ring (bicyclic) bond motifs is 2. The molecule has 2 heterocycles. The highest BCUT2D eigenvalue weighted by atomic mass is 16.5. The Morgan fingerprint density at radius 3 is 2.65 bits per heavy atom. The number of ether oxygens (including phenoxy) is 3. The molecule has 7 heteroatoms. The van der Waals surface area contributed by atoms with Crippen LogP contribution < -0.4 is 9.47 Å². The van der Waals surface area contributed by atoms with Gasteiger partial charge in [0.2, 0.25) is 0 Å². The van der Waals surface area contributed by atoms with E-state index >= 15 is 0 Å². The van der Waals surface area contributed by atoms with Crippen LogP contribution in [0, 0.1) is 6.92 Å². The average molecular weight is 456 g/mol. The quantitative estimate of drug-likeness (QED) is 0.360. The molecule has 0 amide bonds. The molecule has 0 fully saturated rings. The summed E-state index contributed by atoms with van der Waals surface area (Å²) in [7, 11) is 3.23. The van der Waals surface area contributed by atoms with Gasteiger partial charge in [0, 0.05) is 11.5 Å². The van der Waals surface area contributed by atoms with Gasteiger partial charge in [0.25, 0.3) is 0 Å². The number of esters is 1. The number of rotatable bonds is 6. The largest absolute Gasteiger partial charge is 0.493 e. The Bertz CT molecular complexity index is 1420. The molecule has 1 aliphatic rings. The Labute approximate surface area is 197 Å². The maximum absolute atomic E-state index is 13.3. The van der Waals surface area contributed by atoms with Crippen molar-refractivity contribution in [3.8, 4) is 11.5 Å². The Morgan fingerprint density at radius 1 is 1.06 bits per heavy atom. The molecule has 7 nitrogen and oxygen atoms in total. The molecule has 4 aromatic rings. The van der Waals surface area contributed by atoms with Crippen LogP contribution >= 0.6 is 0 Å². The minimum absolute atomic E-state index is 0.0272. The predicted molar refractivity (Wildman–Crippen MR) is 128 cm³/mol. The van der Waals surface area contributed by atoms with Gasteiger partial charge in [-0.05, 0) is 60.7 Å². The van der Waals surface area contributed by atoms with Gasteiger partial charge in [0.05, 0.1) is 36.7 Å². The summed E-state index contributed by atoms with van der Waals surface area (Å²) >= 11 is 0. The lowest BCUT2D eigenvalue weighted by Gasteiger charge is -2.12. The van der Waals surface area contributed by atoms with Crippen LogP contribution in [0.15, 0.2) is 53.1 Å². The van der Waals surface area contributed by atoms with Crippen LogP contribution in [0.3, 0.4) is 0 Å². The summed E-state index contributed by atoms with van der Waals surface area (Å²) in [6, 6.07) is 15.2. The highest BCUT2D eigenvalue weighted by Gasteiger charge is 2.28. The van der Waals surface area contributed by atoms with E-state index in [1.165, 1.54) is 0 Å². The molecule has 0 N–H and O–H groups in total. The number of pyridine rings is 1. The number of carbonyl (C=O) groups excluding carboxylic acids is 1. The van der Waals surface area contributed by atoms with Gasteiger partial charge < -0.3 is 18.7 Å². The van der Waals surface area contributed by atoms with Gasteiger partial charge in [-0.15, -0.1) is 0 Å². The number of hydrogen-bond acceptors (Lipinski definition) is 7. The number of carbonyl (C=O) groups is 1. The van der Waals surface area contributed by atoms with E-state index in [0.717, 1.165) is 45.4 Å². The topological polar surface area (TPSA) is 83.7 Å². The lowest BCUT2D eigenvalue weighted by atomic mass is 10.0. The Hall–Kier alpha value is -4.13. The van der Waals surface area contributed by atoms with Gasteiger partial charge in [-0.1, -0.05) is 29.4 Å². The summed E-state index contributed by atoms with van der Waals surface area (Å²) in [6.07, 6.45) is 3.56. The van der Waals surface area contributed by atoms with Crippen LogP contribution in [0.5, 0.6) is 11.5 Å². The van der Waals surface area contributed by atoms with Crippen LogP contribution in [0.1, 0.15) is 45.1 Å². The second-order valence-corrected chi connectivity index (χ2v) is 8.13. The van der Waals surface area contributed by atoms with Gasteiger partial charge in [-0.25, -0.2) is 9.78 Å². The summed E-state index contributed by atoms with van der Waals surface area (Å²) in [5.74, 6) is 1.45. The number of hydrogen-bond donors (Lipinski definition) is 0. The van der Waals surface area contributed by atoms with Crippen molar-refractivity contribution in [2.75, 3.05) is 14.2 Å². The van der Waals surface area contributed by atoms with Crippen molar-refractivity contribution in [2.24, 2.45) is 0 Å². The number of para-hydroxylation sites is 1. The summed E-state index contributed by atoms with van der Waals surface area (Å²) in [5, 5.41) is 4.63. The highest BCUT2D eigenvalue weighted by molar-refractivity contribution is 6.07. The Balaban J connectivity index is 1.54. The van der Waals surface area contributed by atoms with Crippen LogP contribution in [-0.2, 0) is 17.8 Å². The van der Waals surface area contributed by atoms with E-state index in [2.05, 4.69) is 11.2 Å². The number of allylic oxidation sites excluding steroid dienone is 1. The van der Waals surface area contributed by atoms with E-state index in [-0.39, 0.29) is 6.61 Å². The smallest absolute Gasteiger partial charge is 0.339 e. The lowest BCUT2D eigenvalue weighted by molar-refractivity contribution is 0.0438. The first-order valence-electron chi connectivity index (χ1n) is 11.0. The first-order valence-corrected chi connectivity index (χ1v) is 11.0. The van der Waals surface area contributed by atoms with E-state index in [0.29, 0.717) is 29.2 Å². The van der Waals surface area contributed by atoms with Crippen LogP contribution in [-0.4, -0.2) is 30.3 Å². The van der Waals surface area contributed by atoms with Crippen molar-refractivity contribution in [3.05, 3.63) is 82.4 Å². The number of aryl methyl sites for hydroxylation is 1. The Morgan fingerprint density at radius 2 is 1.88 bits per heavy atom. The fraction of sp³-hybridized carbons (Fsp3) is 0.222. The minimum atomic E-state index is -0.392. The fourth-order valence-corrected chi connectivity index (χ4v) is 4.35. The van der Waals surface area contributed by atoms with Crippen molar-refractivity contribution in [2.45, 2.75) is 26.4 Å². The Kier molecular flexibility index (Phi) is 5.76. The zero-order chi connectivity index (χ0) is 23.7. The third-order valence-electron chi connectivity index (χ3n) is 5.92. The zero-order valence-electron chi connectivity index (χ0n) is 19.3. The molecule has 0 radical (unpaired) electrons. The molecular weight excluding hydrogens is 432 g/mol. The number of aromatic nitrogens is 2. The average Bonchev–Trinajstić information content (AvgIpc) is 3.46. The molecule has 172 valence electrons. The summed E-state index contributed by atoms with van der Waals surface area (Å²) in [6.45, 7) is 1.85. The maximum Gasteiger partial charge on any atom is 0.339 e. The van der Waals surface area contributed by atoms with Crippen molar-refractivity contribution in [3.63, 3.8) is 0 Å². The molecule has 5 rings (SSSR count). The van der Waals surface area contributed by atoms with Gasteiger partial charge in [0.1, 0.15) is 0 Å². The lowest BCUT2D eigenvalue weighted by Crippen LogP contribution is -2.10. The van der Waals surface area contributed by atoms with Crippen LogP contribution in [0.2, 0.25) is 0 Å². The maximum atomic E-state index is 13.3. The first kappa shape index (κ1) is 21.7. The summed E-state index contributed by atoms with van der Waals surface area (Å²) in [5.41, 5.74) is 5.83. The van der Waals surface area contributed by atoms with Gasteiger partial charge in [-0.3, -0.25) is 0 Å². The van der Waals surface area contributed by atoms with Gasteiger partial charge in [0.15, 0.2) is 23.9 Å². The number of methoxy groups -OCH3 is 2. The number of benzene rings is 2. The van der Waals surface area contributed by atoms with Gasteiger partial charge >= 0.3 is 5.97 Å². The van der Waals surface area contributed by atoms with Crippen LogP contribution in [0.4, 0.5) is 0 Å². The van der Waals surface area contributed by atoms with E-state index in [1.54, 1.807) is 20.3 Å². The van der Waals surface area contributed by atoms with E-state index in [1.807, 2.05) is 49.4 Å². The second kappa shape index (κ2) is 9.02. The second-order valence-electron chi connectivity index (χ2n) is 8.13. The minimum Gasteiger partial charge on any atom is -0.493 e. The molecule has 34 heavy (non-hydrogen) atoms. The molecule has 0 saturated carbocycles. The molecule has 0 atom stereocenters. The molecule has 0 saturated heterocycles.